The molecule has 1 aliphatic carbocycles. The molecule has 1 fully saturated rings. The highest BCUT2D eigenvalue weighted by Gasteiger charge is 2.21. The van der Waals surface area contributed by atoms with Crippen LogP contribution in [0.2, 0.25) is 0 Å². The number of ether oxygens (including phenoxy) is 2. The molecular weight excluding hydrogens is 216 g/mol. The van der Waals surface area contributed by atoms with Gasteiger partial charge in [-0.05, 0) is 30.9 Å². The second-order valence-electron chi connectivity index (χ2n) is 4.83. The molecule has 0 aromatic heterocycles. The number of carbonyl (C=O) groups excluding carboxylic acids is 1. The van der Waals surface area contributed by atoms with Crippen LogP contribution < -0.4 is 9.47 Å². The summed E-state index contributed by atoms with van der Waals surface area (Å²) < 4.78 is 11.1. The van der Waals surface area contributed by atoms with E-state index in [2.05, 4.69) is 0 Å². The number of carbonyl (C=O) groups is 1. The Hall–Kier alpha value is -1.51. The van der Waals surface area contributed by atoms with Gasteiger partial charge in [0.2, 0.25) is 5.78 Å². The zero-order valence-corrected chi connectivity index (χ0v) is 9.78. The van der Waals surface area contributed by atoms with E-state index in [0.717, 1.165) is 12.4 Å². The summed E-state index contributed by atoms with van der Waals surface area (Å²) in [5.74, 6) is 2.23. The highest BCUT2D eigenvalue weighted by atomic mass is 16.5. The molecule has 3 nitrogen and oxygen atoms in total. The third kappa shape index (κ3) is 2.14. The predicted octanol–water partition coefficient (Wildman–Crippen LogP) is 2.83. The standard InChI is InChI=1S/C14H16O3/c15-13-9-17-14-7-11(5-6-12(13)14)16-8-10-3-1-2-4-10/h5-7,10H,1-4,8-9H2. The van der Waals surface area contributed by atoms with Gasteiger partial charge in [0.1, 0.15) is 11.5 Å². The molecule has 1 aliphatic heterocycles. The first-order valence-corrected chi connectivity index (χ1v) is 6.26. The molecule has 0 atom stereocenters. The normalized spacial score (nSPS) is 19.2. The Bertz CT molecular complexity index is 433. The fourth-order valence-electron chi connectivity index (χ4n) is 2.55. The maximum absolute atomic E-state index is 11.4. The average molecular weight is 232 g/mol. The molecule has 17 heavy (non-hydrogen) atoms. The number of hydrogen-bond donors (Lipinski definition) is 0. The van der Waals surface area contributed by atoms with Crippen LogP contribution in [-0.4, -0.2) is 19.0 Å². The zero-order valence-electron chi connectivity index (χ0n) is 9.78. The topological polar surface area (TPSA) is 35.5 Å². The molecular formula is C14H16O3. The van der Waals surface area contributed by atoms with E-state index in [-0.39, 0.29) is 12.4 Å². The fourth-order valence-corrected chi connectivity index (χ4v) is 2.55. The second-order valence-corrected chi connectivity index (χ2v) is 4.83. The van der Waals surface area contributed by atoms with Crippen LogP contribution in [0.1, 0.15) is 36.0 Å². The minimum atomic E-state index is 0.0577. The first-order chi connectivity index (χ1) is 8.33. The quantitative estimate of drug-likeness (QED) is 0.803. The van der Waals surface area contributed by atoms with Crippen LogP contribution in [0.3, 0.4) is 0 Å². The number of fused-ring (bicyclic) bond motifs is 1. The fraction of sp³-hybridized carbons (Fsp3) is 0.500. The minimum absolute atomic E-state index is 0.0577. The van der Waals surface area contributed by atoms with Crippen molar-refractivity contribution in [3.05, 3.63) is 23.8 Å². The molecule has 3 heteroatoms. The lowest BCUT2D eigenvalue weighted by atomic mass is 10.1. The lowest BCUT2D eigenvalue weighted by Crippen LogP contribution is -2.07. The number of rotatable bonds is 3. The van der Waals surface area contributed by atoms with Crippen LogP contribution in [0, 0.1) is 5.92 Å². The molecule has 1 aromatic carbocycles. The van der Waals surface area contributed by atoms with Crippen molar-refractivity contribution in [3.8, 4) is 11.5 Å². The summed E-state index contributed by atoms with van der Waals surface area (Å²) in [7, 11) is 0. The predicted molar refractivity (Wildman–Crippen MR) is 63.7 cm³/mol. The Morgan fingerprint density at radius 2 is 2.12 bits per heavy atom. The van der Waals surface area contributed by atoms with Gasteiger partial charge in [-0.2, -0.15) is 0 Å². The van der Waals surface area contributed by atoms with Crippen LogP contribution in [0.4, 0.5) is 0 Å². The molecule has 2 aliphatic rings. The largest absolute Gasteiger partial charge is 0.493 e. The van der Waals surface area contributed by atoms with Gasteiger partial charge in [0.25, 0.3) is 0 Å². The Kier molecular flexibility index (Phi) is 2.75. The Morgan fingerprint density at radius 3 is 2.94 bits per heavy atom. The van der Waals surface area contributed by atoms with Crippen LogP contribution >= 0.6 is 0 Å². The van der Waals surface area contributed by atoms with Gasteiger partial charge in [0.05, 0.1) is 12.2 Å². The molecule has 0 radical (unpaired) electrons. The summed E-state index contributed by atoms with van der Waals surface area (Å²) in [5.41, 5.74) is 0.679. The SMILES string of the molecule is O=C1COc2cc(OCC3CCCC3)ccc21. The zero-order chi connectivity index (χ0) is 11.7. The summed E-state index contributed by atoms with van der Waals surface area (Å²) in [4.78, 5) is 11.4. The molecule has 1 saturated carbocycles. The molecule has 90 valence electrons. The van der Waals surface area contributed by atoms with Crippen molar-refractivity contribution < 1.29 is 14.3 Å². The summed E-state index contributed by atoms with van der Waals surface area (Å²) in [6.45, 7) is 0.953. The van der Waals surface area contributed by atoms with E-state index in [0.29, 0.717) is 17.2 Å². The van der Waals surface area contributed by atoms with E-state index in [4.69, 9.17) is 9.47 Å². The lowest BCUT2D eigenvalue weighted by Gasteiger charge is -2.11. The van der Waals surface area contributed by atoms with Crippen molar-refractivity contribution in [2.24, 2.45) is 5.92 Å². The van der Waals surface area contributed by atoms with Gasteiger partial charge >= 0.3 is 0 Å². The third-order valence-corrected chi connectivity index (χ3v) is 3.57. The molecule has 0 amide bonds. The summed E-state index contributed by atoms with van der Waals surface area (Å²) in [6.07, 6.45) is 5.21. The highest BCUT2D eigenvalue weighted by molar-refractivity contribution is 6.02. The van der Waals surface area contributed by atoms with Gasteiger partial charge in [-0.1, -0.05) is 12.8 Å². The van der Waals surface area contributed by atoms with Crippen molar-refractivity contribution in [1.82, 2.24) is 0 Å². The molecule has 0 spiro atoms. The molecule has 0 unspecified atom stereocenters. The van der Waals surface area contributed by atoms with E-state index >= 15 is 0 Å². The molecule has 1 heterocycles. The van der Waals surface area contributed by atoms with Crippen molar-refractivity contribution in [3.63, 3.8) is 0 Å². The van der Waals surface area contributed by atoms with Crippen molar-refractivity contribution in [2.45, 2.75) is 25.7 Å². The second kappa shape index (κ2) is 4.40. The van der Waals surface area contributed by atoms with Crippen LogP contribution in [-0.2, 0) is 0 Å². The van der Waals surface area contributed by atoms with Crippen LogP contribution in [0.25, 0.3) is 0 Å². The van der Waals surface area contributed by atoms with E-state index in [9.17, 15) is 4.79 Å². The third-order valence-electron chi connectivity index (χ3n) is 3.57. The van der Waals surface area contributed by atoms with E-state index < -0.39 is 0 Å². The summed E-state index contributed by atoms with van der Waals surface area (Å²) in [5, 5.41) is 0. The van der Waals surface area contributed by atoms with Gasteiger partial charge in [-0.15, -0.1) is 0 Å². The van der Waals surface area contributed by atoms with Crippen molar-refractivity contribution >= 4 is 5.78 Å². The van der Waals surface area contributed by atoms with Gasteiger partial charge in [-0.25, -0.2) is 0 Å². The maximum atomic E-state index is 11.4. The minimum Gasteiger partial charge on any atom is -0.493 e. The molecule has 1 aromatic rings. The number of benzene rings is 1. The molecule has 0 bridgehead atoms. The Morgan fingerprint density at radius 1 is 1.29 bits per heavy atom. The van der Waals surface area contributed by atoms with Crippen molar-refractivity contribution in [1.29, 1.82) is 0 Å². The highest BCUT2D eigenvalue weighted by Crippen LogP contribution is 2.31. The smallest absolute Gasteiger partial charge is 0.203 e. The van der Waals surface area contributed by atoms with Crippen molar-refractivity contribution in [2.75, 3.05) is 13.2 Å². The van der Waals surface area contributed by atoms with Gasteiger partial charge in [0, 0.05) is 6.07 Å². The monoisotopic (exact) mass is 232 g/mol. The summed E-state index contributed by atoms with van der Waals surface area (Å²) in [6, 6.07) is 5.49. The summed E-state index contributed by atoms with van der Waals surface area (Å²) >= 11 is 0. The molecule has 3 rings (SSSR count). The van der Waals surface area contributed by atoms with Crippen LogP contribution in [0.15, 0.2) is 18.2 Å². The van der Waals surface area contributed by atoms with E-state index in [1.54, 1.807) is 6.07 Å². The van der Waals surface area contributed by atoms with Crippen LogP contribution in [0.5, 0.6) is 11.5 Å². The Balaban J connectivity index is 1.66. The molecule has 0 N–H and O–H groups in total. The average Bonchev–Trinajstić information content (AvgIpc) is 2.97. The van der Waals surface area contributed by atoms with Gasteiger partial charge in [-0.3, -0.25) is 4.79 Å². The maximum Gasteiger partial charge on any atom is 0.203 e. The number of ketones is 1. The number of hydrogen-bond acceptors (Lipinski definition) is 3. The van der Waals surface area contributed by atoms with Gasteiger partial charge < -0.3 is 9.47 Å². The number of Topliss-reactive ketones (excluding diaryl/α,β-unsaturated/α-hetero) is 1. The lowest BCUT2D eigenvalue weighted by molar-refractivity contribution is 0.0961. The van der Waals surface area contributed by atoms with Gasteiger partial charge in [0.15, 0.2) is 6.61 Å². The molecule has 0 saturated heterocycles. The first kappa shape index (κ1) is 10.6. The first-order valence-electron chi connectivity index (χ1n) is 6.26. The Labute approximate surface area is 101 Å². The van der Waals surface area contributed by atoms with E-state index in [1.807, 2.05) is 12.1 Å². The van der Waals surface area contributed by atoms with E-state index in [1.165, 1.54) is 25.7 Å².